The molecule has 0 aliphatic rings. The topological polar surface area (TPSA) is 9.23 Å². The van der Waals surface area contributed by atoms with Gasteiger partial charge in [0.05, 0.1) is 6.61 Å². The van der Waals surface area contributed by atoms with E-state index in [1.807, 2.05) is 6.92 Å². The van der Waals surface area contributed by atoms with E-state index in [1.54, 1.807) is 0 Å². The molecular weight excluding hydrogens is 238 g/mol. The Balaban J connectivity index is 3.95. The van der Waals surface area contributed by atoms with Crippen molar-refractivity contribution in [1.29, 1.82) is 0 Å². The quantitative estimate of drug-likeness (QED) is 0.490. The van der Waals surface area contributed by atoms with Crippen molar-refractivity contribution in [1.82, 2.24) is 0 Å². The fourth-order valence-electron chi connectivity index (χ4n) is 1.00. The second-order valence-corrected chi connectivity index (χ2v) is 3.38. The number of hydrogen-bond acceptors (Lipinski definition) is 1. The summed E-state index contributed by atoms with van der Waals surface area (Å²) in [5, 5.41) is 0. The van der Waals surface area contributed by atoms with Crippen LogP contribution in [0.25, 0.3) is 0 Å². The van der Waals surface area contributed by atoms with Crippen LogP contribution in [0.3, 0.4) is 0 Å². The fourth-order valence-corrected chi connectivity index (χ4v) is 1.00. The van der Waals surface area contributed by atoms with Crippen LogP contribution in [0.4, 0.5) is 26.3 Å². The minimum Gasteiger partial charge on any atom is -0.318 e. The molecule has 7 heteroatoms. The van der Waals surface area contributed by atoms with Gasteiger partial charge in [-0.3, -0.25) is 0 Å². The molecule has 0 aromatic heterocycles. The molecule has 0 saturated carbocycles. The molecule has 0 aromatic rings. The van der Waals surface area contributed by atoms with Gasteiger partial charge in [0.2, 0.25) is 0 Å². The van der Waals surface area contributed by atoms with Crippen LogP contribution in [0.15, 0.2) is 0 Å². The van der Waals surface area contributed by atoms with Crippen LogP contribution in [-0.2, 0) is 4.74 Å². The first-order valence-corrected chi connectivity index (χ1v) is 4.94. The number of unbranched alkanes of at least 4 members (excludes halogenated alkanes) is 3. The predicted octanol–water partition coefficient (Wildman–Crippen LogP) is 4.08. The first kappa shape index (κ1) is 15.5. The molecule has 0 bridgehead atoms. The molecular formula is C9H14F6O. The van der Waals surface area contributed by atoms with Gasteiger partial charge in [-0.25, -0.2) is 4.39 Å². The Morgan fingerprint density at radius 2 is 1.56 bits per heavy atom. The number of rotatable bonds is 7. The minimum absolute atomic E-state index is 0.188. The lowest BCUT2D eigenvalue weighted by atomic mass is 10.2. The van der Waals surface area contributed by atoms with Crippen molar-refractivity contribution in [3.63, 3.8) is 0 Å². The van der Waals surface area contributed by atoms with Gasteiger partial charge in [-0.2, -0.15) is 22.0 Å². The van der Waals surface area contributed by atoms with E-state index < -0.39 is 25.1 Å². The number of halogens is 6. The summed E-state index contributed by atoms with van der Waals surface area (Å²) in [6.45, 7) is 1.31. The highest BCUT2D eigenvalue weighted by atomic mass is 19.4. The average molecular weight is 252 g/mol. The van der Waals surface area contributed by atoms with Crippen molar-refractivity contribution in [3.8, 4) is 0 Å². The average Bonchev–Trinajstić information content (AvgIpc) is 2.15. The van der Waals surface area contributed by atoms with E-state index in [2.05, 4.69) is 4.74 Å². The third kappa shape index (κ3) is 5.58. The Morgan fingerprint density at radius 1 is 1.00 bits per heavy atom. The van der Waals surface area contributed by atoms with Crippen molar-refractivity contribution in [3.05, 3.63) is 0 Å². The summed E-state index contributed by atoms with van der Waals surface area (Å²) in [6.07, 6.45) is -12.3. The molecule has 0 aliphatic heterocycles. The number of ether oxygens (including phenoxy) is 1. The Kier molecular flexibility index (Phi) is 6.14. The summed E-state index contributed by atoms with van der Waals surface area (Å²) in [7, 11) is 0. The lowest BCUT2D eigenvalue weighted by Crippen LogP contribution is -2.43. The van der Waals surface area contributed by atoms with Crippen molar-refractivity contribution in [2.24, 2.45) is 0 Å². The molecule has 1 unspecified atom stereocenters. The molecule has 0 fully saturated rings. The fraction of sp³-hybridized carbons (Fsp3) is 1.00. The van der Waals surface area contributed by atoms with Crippen LogP contribution in [-0.4, -0.2) is 25.1 Å². The van der Waals surface area contributed by atoms with E-state index in [4.69, 9.17) is 0 Å². The molecule has 0 N–H and O–H groups in total. The summed E-state index contributed by atoms with van der Waals surface area (Å²) in [5.41, 5.74) is 0. The third-order valence-corrected chi connectivity index (χ3v) is 1.87. The van der Waals surface area contributed by atoms with Gasteiger partial charge in [0.1, 0.15) is 0 Å². The molecule has 0 spiro atoms. The zero-order valence-corrected chi connectivity index (χ0v) is 8.79. The zero-order chi connectivity index (χ0) is 12.8. The van der Waals surface area contributed by atoms with E-state index in [9.17, 15) is 26.3 Å². The van der Waals surface area contributed by atoms with E-state index in [0.717, 1.165) is 12.8 Å². The summed E-state index contributed by atoms with van der Waals surface area (Å²) < 4.78 is 75.8. The highest BCUT2D eigenvalue weighted by Crippen LogP contribution is 2.35. The normalized spacial score (nSPS) is 15.2. The predicted molar refractivity (Wildman–Crippen MR) is 46.0 cm³/mol. The smallest absolute Gasteiger partial charge is 0.318 e. The Bertz CT molecular complexity index is 191. The van der Waals surface area contributed by atoms with Crippen LogP contribution in [0.1, 0.15) is 32.6 Å². The van der Waals surface area contributed by atoms with Crippen LogP contribution in [0.2, 0.25) is 0 Å². The van der Waals surface area contributed by atoms with Gasteiger partial charge >= 0.3 is 12.3 Å². The van der Waals surface area contributed by atoms with Crippen LogP contribution in [0.5, 0.6) is 0 Å². The second-order valence-electron chi connectivity index (χ2n) is 3.38. The molecule has 0 aliphatic carbocycles. The maximum absolute atomic E-state index is 12.5. The summed E-state index contributed by atoms with van der Waals surface area (Å²) in [4.78, 5) is 0. The number of hydrogen-bond donors (Lipinski definition) is 0. The van der Waals surface area contributed by atoms with Crippen molar-refractivity contribution in [2.45, 2.75) is 51.1 Å². The molecule has 0 amide bonds. The van der Waals surface area contributed by atoms with Crippen molar-refractivity contribution >= 4 is 0 Å². The lowest BCUT2D eigenvalue weighted by Gasteiger charge is -2.22. The van der Waals surface area contributed by atoms with Gasteiger partial charge in [-0.15, -0.1) is 0 Å². The highest BCUT2D eigenvalue weighted by molar-refractivity contribution is 4.75. The minimum atomic E-state index is -5.60. The van der Waals surface area contributed by atoms with Gasteiger partial charge < -0.3 is 4.74 Å². The number of alkyl halides is 6. The Labute approximate surface area is 89.8 Å². The van der Waals surface area contributed by atoms with Gasteiger partial charge in [0.15, 0.2) is 0 Å². The molecule has 1 atom stereocenters. The molecule has 0 rings (SSSR count). The van der Waals surface area contributed by atoms with Crippen molar-refractivity contribution in [2.75, 3.05) is 6.61 Å². The maximum atomic E-state index is 12.5. The second kappa shape index (κ2) is 6.32. The largest absolute Gasteiger partial charge is 0.428 e. The van der Waals surface area contributed by atoms with Crippen LogP contribution >= 0.6 is 0 Å². The lowest BCUT2D eigenvalue weighted by molar-refractivity contribution is -0.335. The van der Waals surface area contributed by atoms with Gasteiger partial charge in [0.25, 0.3) is 6.17 Å². The molecule has 0 saturated heterocycles. The standard InChI is InChI=1S/C9H14F6O/c1-2-3-4-5-6-16-9(14,15)7(10)8(11,12)13/h7H,2-6H2,1H3. The van der Waals surface area contributed by atoms with E-state index in [0.29, 0.717) is 6.42 Å². The molecule has 1 nitrogen and oxygen atoms in total. The van der Waals surface area contributed by atoms with Crippen LogP contribution in [0, 0.1) is 0 Å². The van der Waals surface area contributed by atoms with Crippen molar-refractivity contribution < 1.29 is 31.1 Å². The third-order valence-electron chi connectivity index (χ3n) is 1.87. The Hall–Kier alpha value is -0.460. The van der Waals surface area contributed by atoms with Gasteiger partial charge in [-0.1, -0.05) is 26.2 Å². The van der Waals surface area contributed by atoms with E-state index >= 15 is 0 Å². The molecule has 98 valence electrons. The Morgan fingerprint density at radius 3 is 2.00 bits per heavy atom. The molecule has 0 aromatic carbocycles. The first-order chi connectivity index (χ1) is 7.22. The van der Waals surface area contributed by atoms with Gasteiger partial charge in [-0.05, 0) is 6.42 Å². The van der Waals surface area contributed by atoms with E-state index in [-0.39, 0.29) is 6.42 Å². The summed E-state index contributed by atoms with van der Waals surface area (Å²) in [5.74, 6) is 0. The summed E-state index contributed by atoms with van der Waals surface area (Å²) >= 11 is 0. The maximum Gasteiger partial charge on any atom is 0.428 e. The van der Waals surface area contributed by atoms with Crippen LogP contribution < -0.4 is 0 Å². The van der Waals surface area contributed by atoms with E-state index in [1.165, 1.54) is 0 Å². The molecule has 0 heterocycles. The monoisotopic (exact) mass is 252 g/mol. The SMILES string of the molecule is CCCCCCOC(F)(F)C(F)C(F)(F)F. The molecule has 0 radical (unpaired) electrons. The van der Waals surface area contributed by atoms with Gasteiger partial charge in [0, 0.05) is 0 Å². The first-order valence-electron chi connectivity index (χ1n) is 4.94. The zero-order valence-electron chi connectivity index (χ0n) is 8.79. The summed E-state index contributed by atoms with van der Waals surface area (Å²) in [6, 6.07) is 0. The highest BCUT2D eigenvalue weighted by Gasteiger charge is 2.58. The molecule has 16 heavy (non-hydrogen) atoms.